The van der Waals surface area contributed by atoms with Crippen LogP contribution < -0.4 is 11.1 Å². The quantitative estimate of drug-likeness (QED) is 0.629. The first-order chi connectivity index (χ1) is 9.61. The van der Waals surface area contributed by atoms with Crippen molar-refractivity contribution in [1.29, 1.82) is 0 Å². The number of nitrogens with two attached hydrogens (primary N) is 1. The van der Waals surface area contributed by atoms with Gasteiger partial charge in [-0.25, -0.2) is 0 Å². The molecule has 0 aromatic heterocycles. The van der Waals surface area contributed by atoms with Gasteiger partial charge in [-0.3, -0.25) is 4.79 Å². The van der Waals surface area contributed by atoms with E-state index >= 15 is 0 Å². The van der Waals surface area contributed by atoms with Crippen LogP contribution in [-0.2, 0) is 0 Å². The molecule has 2 rings (SSSR count). The van der Waals surface area contributed by atoms with E-state index in [-0.39, 0.29) is 23.0 Å². The Morgan fingerprint density at radius 2 is 1.95 bits per heavy atom. The molecule has 1 aliphatic carbocycles. The molecule has 1 aromatic rings. The summed E-state index contributed by atoms with van der Waals surface area (Å²) in [7, 11) is 0. The first kappa shape index (κ1) is 14.7. The predicted octanol–water partition coefficient (Wildman–Crippen LogP) is 1.59. The van der Waals surface area contributed by atoms with E-state index in [2.05, 4.69) is 5.32 Å². The molecule has 1 fully saturated rings. The molecule has 0 heterocycles. The number of carbonyl (C=O) groups is 1. The molecule has 1 amide bonds. The molecule has 1 aliphatic rings. The summed E-state index contributed by atoms with van der Waals surface area (Å²) in [5.41, 5.74) is 5.87. The van der Waals surface area contributed by atoms with Gasteiger partial charge < -0.3 is 21.3 Å². The van der Waals surface area contributed by atoms with Crippen molar-refractivity contribution in [1.82, 2.24) is 5.32 Å². The maximum atomic E-state index is 12.0. The van der Waals surface area contributed by atoms with Crippen molar-refractivity contribution in [2.24, 2.45) is 17.6 Å². The van der Waals surface area contributed by atoms with Crippen molar-refractivity contribution < 1.29 is 15.0 Å². The summed E-state index contributed by atoms with van der Waals surface area (Å²) in [6.07, 6.45) is 4.58. The van der Waals surface area contributed by atoms with E-state index in [1.54, 1.807) is 0 Å². The smallest absolute Gasteiger partial charge is 0.255 e. The number of phenols is 2. The Kier molecular flexibility index (Phi) is 4.84. The molecule has 0 aliphatic heterocycles. The molecule has 0 saturated heterocycles. The summed E-state index contributed by atoms with van der Waals surface area (Å²) in [4.78, 5) is 12.0. The van der Waals surface area contributed by atoms with Crippen LogP contribution in [0.3, 0.4) is 0 Å². The molecule has 2 atom stereocenters. The SMILES string of the molecule is NCC1CCCCC1CNC(=O)c1cc(O)ccc1O. The van der Waals surface area contributed by atoms with Crippen molar-refractivity contribution >= 4 is 5.91 Å². The molecule has 1 saturated carbocycles. The number of nitrogens with one attached hydrogen (secondary N) is 1. The standard InChI is InChI=1S/C15H22N2O3/c16-8-10-3-1-2-4-11(10)9-17-15(20)13-7-12(18)5-6-14(13)19/h5-7,10-11,18-19H,1-4,8-9,16H2,(H,17,20). The summed E-state index contributed by atoms with van der Waals surface area (Å²) in [6.45, 7) is 1.22. The normalized spacial score (nSPS) is 22.4. The van der Waals surface area contributed by atoms with Crippen LogP contribution >= 0.6 is 0 Å². The molecule has 5 N–H and O–H groups in total. The van der Waals surface area contributed by atoms with Crippen molar-refractivity contribution in [3.8, 4) is 11.5 Å². The minimum atomic E-state index is -0.361. The maximum absolute atomic E-state index is 12.0. The summed E-state index contributed by atoms with van der Waals surface area (Å²) in [5.74, 6) is 0.337. The van der Waals surface area contributed by atoms with E-state index < -0.39 is 0 Å². The summed E-state index contributed by atoms with van der Waals surface area (Å²) in [5, 5.41) is 21.9. The molecule has 0 spiro atoms. The highest BCUT2D eigenvalue weighted by Gasteiger charge is 2.24. The molecule has 5 heteroatoms. The van der Waals surface area contributed by atoms with E-state index in [9.17, 15) is 15.0 Å². The molecule has 110 valence electrons. The first-order valence-corrected chi connectivity index (χ1v) is 7.12. The second-order valence-corrected chi connectivity index (χ2v) is 5.45. The van der Waals surface area contributed by atoms with Gasteiger partial charge in [-0.05, 0) is 49.4 Å². The van der Waals surface area contributed by atoms with E-state index in [4.69, 9.17) is 5.73 Å². The topological polar surface area (TPSA) is 95.6 Å². The zero-order valence-corrected chi connectivity index (χ0v) is 11.5. The van der Waals surface area contributed by atoms with Gasteiger partial charge in [0.1, 0.15) is 11.5 Å². The second-order valence-electron chi connectivity index (χ2n) is 5.45. The van der Waals surface area contributed by atoms with Gasteiger partial charge in [0.05, 0.1) is 5.56 Å². The number of rotatable bonds is 4. The van der Waals surface area contributed by atoms with E-state index in [1.807, 2.05) is 0 Å². The van der Waals surface area contributed by atoms with Gasteiger partial charge in [0.2, 0.25) is 0 Å². The lowest BCUT2D eigenvalue weighted by Crippen LogP contribution is -2.36. The molecule has 0 radical (unpaired) electrons. The van der Waals surface area contributed by atoms with Gasteiger partial charge in [0.15, 0.2) is 0 Å². The number of hydrogen-bond acceptors (Lipinski definition) is 4. The van der Waals surface area contributed by atoms with E-state index in [1.165, 1.54) is 31.0 Å². The zero-order chi connectivity index (χ0) is 14.5. The Labute approximate surface area is 118 Å². The van der Waals surface area contributed by atoms with Gasteiger partial charge >= 0.3 is 0 Å². The Balaban J connectivity index is 1.96. The van der Waals surface area contributed by atoms with Crippen LogP contribution in [0.4, 0.5) is 0 Å². The number of carbonyl (C=O) groups excluding carboxylic acids is 1. The number of benzene rings is 1. The minimum Gasteiger partial charge on any atom is -0.508 e. The molecule has 0 bridgehead atoms. The van der Waals surface area contributed by atoms with Gasteiger partial charge in [0.25, 0.3) is 5.91 Å². The molecule has 2 unspecified atom stereocenters. The van der Waals surface area contributed by atoms with E-state index in [0.717, 1.165) is 12.8 Å². The molecular weight excluding hydrogens is 256 g/mol. The Bertz CT molecular complexity index is 476. The highest BCUT2D eigenvalue weighted by Crippen LogP contribution is 2.29. The van der Waals surface area contributed by atoms with Crippen LogP contribution in [0.1, 0.15) is 36.0 Å². The molecule has 1 aromatic carbocycles. The Morgan fingerprint density at radius 3 is 2.65 bits per heavy atom. The third-order valence-corrected chi connectivity index (χ3v) is 4.12. The van der Waals surface area contributed by atoms with Crippen molar-refractivity contribution in [3.05, 3.63) is 23.8 Å². The number of amides is 1. The molecular formula is C15H22N2O3. The lowest BCUT2D eigenvalue weighted by atomic mass is 9.79. The lowest BCUT2D eigenvalue weighted by Gasteiger charge is -2.30. The summed E-state index contributed by atoms with van der Waals surface area (Å²) >= 11 is 0. The van der Waals surface area contributed by atoms with E-state index in [0.29, 0.717) is 24.9 Å². The van der Waals surface area contributed by atoms with Gasteiger partial charge in [-0.1, -0.05) is 12.8 Å². The second kappa shape index (κ2) is 6.61. The zero-order valence-electron chi connectivity index (χ0n) is 11.5. The van der Waals surface area contributed by atoms with Crippen molar-refractivity contribution in [2.75, 3.05) is 13.1 Å². The highest BCUT2D eigenvalue weighted by atomic mass is 16.3. The van der Waals surface area contributed by atoms with Crippen molar-refractivity contribution in [3.63, 3.8) is 0 Å². The van der Waals surface area contributed by atoms with Crippen LogP contribution in [0.15, 0.2) is 18.2 Å². The summed E-state index contributed by atoms with van der Waals surface area (Å²) in [6, 6.07) is 3.93. The molecule has 20 heavy (non-hydrogen) atoms. The monoisotopic (exact) mass is 278 g/mol. The fourth-order valence-electron chi connectivity index (χ4n) is 2.89. The predicted molar refractivity (Wildman–Crippen MR) is 76.6 cm³/mol. The minimum absolute atomic E-state index is 0.0366. The average Bonchev–Trinajstić information content (AvgIpc) is 2.47. The van der Waals surface area contributed by atoms with Crippen molar-refractivity contribution in [2.45, 2.75) is 25.7 Å². The van der Waals surface area contributed by atoms with Crippen LogP contribution in [0.25, 0.3) is 0 Å². The third kappa shape index (κ3) is 3.42. The van der Waals surface area contributed by atoms with Crippen LogP contribution in [0.2, 0.25) is 0 Å². The molecule has 5 nitrogen and oxygen atoms in total. The van der Waals surface area contributed by atoms with Crippen LogP contribution in [-0.4, -0.2) is 29.2 Å². The van der Waals surface area contributed by atoms with Gasteiger partial charge in [-0.2, -0.15) is 0 Å². The average molecular weight is 278 g/mol. The summed E-state index contributed by atoms with van der Waals surface area (Å²) < 4.78 is 0. The number of aromatic hydroxyl groups is 2. The lowest BCUT2D eigenvalue weighted by molar-refractivity contribution is 0.0932. The Hall–Kier alpha value is -1.75. The van der Waals surface area contributed by atoms with Crippen LogP contribution in [0, 0.1) is 11.8 Å². The fourth-order valence-corrected chi connectivity index (χ4v) is 2.89. The van der Waals surface area contributed by atoms with Gasteiger partial charge in [-0.15, -0.1) is 0 Å². The Morgan fingerprint density at radius 1 is 1.25 bits per heavy atom. The fraction of sp³-hybridized carbons (Fsp3) is 0.533. The van der Waals surface area contributed by atoms with Crippen LogP contribution in [0.5, 0.6) is 11.5 Å². The highest BCUT2D eigenvalue weighted by molar-refractivity contribution is 5.97. The number of phenolic OH excluding ortho intramolecular Hbond substituents is 2. The third-order valence-electron chi connectivity index (χ3n) is 4.12. The maximum Gasteiger partial charge on any atom is 0.255 e. The largest absolute Gasteiger partial charge is 0.508 e. The van der Waals surface area contributed by atoms with Gasteiger partial charge in [0, 0.05) is 6.54 Å². The number of hydrogen-bond donors (Lipinski definition) is 4. The first-order valence-electron chi connectivity index (χ1n) is 7.12.